The van der Waals surface area contributed by atoms with Crippen LogP contribution in [0.15, 0.2) is 42.7 Å². The smallest absolute Gasteiger partial charge is 0.0953 e. The van der Waals surface area contributed by atoms with Crippen molar-refractivity contribution in [2.24, 2.45) is 5.73 Å². The third kappa shape index (κ3) is 1.65. The number of anilines is 1. The number of benzene rings is 1. The lowest BCUT2D eigenvalue weighted by Gasteiger charge is -2.19. The first-order valence-electron chi connectivity index (χ1n) is 4.34. The largest absolute Gasteiger partial charge is 0.346 e. The highest BCUT2D eigenvalue weighted by Gasteiger charge is 2.11. The third-order valence-corrected chi connectivity index (χ3v) is 2.11. The Morgan fingerprint density at radius 3 is 2.54 bits per heavy atom. The zero-order valence-electron chi connectivity index (χ0n) is 7.43. The number of nitrogens with two attached hydrogens (primary N) is 1. The van der Waals surface area contributed by atoms with E-state index in [1.807, 2.05) is 35.5 Å². The van der Waals surface area contributed by atoms with Crippen LogP contribution in [-0.4, -0.2) is 18.2 Å². The highest BCUT2D eigenvalue weighted by atomic mass is 15.4. The predicted molar refractivity (Wildman–Crippen MR) is 53.8 cm³/mol. The summed E-state index contributed by atoms with van der Waals surface area (Å²) in [7, 11) is 0. The maximum absolute atomic E-state index is 5.52. The Hall–Kier alpha value is -1.48. The van der Waals surface area contributed by atoms with Crippen LogP contribution in [0.3, 0.4) is 0 Å². The molecule has 0 unspecified atom stereocenters. The van der Waals surface area contributed by atoms with Crippen LogP contribution in [0.4, 0.5) is 5.69 Å². The van der Waals surface area contributed by atoms with Crippen molar-refractivity contribution in [2.75, 3.05) is 18.2 Å². The van der Waals surface area contributed by atoms with Gasteiger partial charge in [-0.2, -0.15) is 0 Å². The zero-order chi connectivity index (χ0) is 9.10. The van der Waals surface area contributed by atoms with Crippen LogP contribution in [0.5, 0.6) is 0 Å². The minimum absolute atomic E-state index is 0.569. The molecule has 68 valence electrons. The monoisotopic (exact) mass is 175 g/mol. The Kier molecular flexibility index (Phi) is 2.19. The average molecular weight is 175 g/mol. The molecule has 3 heteroatoms. The van der Waals surface area contributed by atoms with Crippen LogP contribution >= 0.6 is 0 Å². The number of hydrogen-bond donors (Lipinski definition) is 1. The topological polar surface area (TPSA) is 32.5 Å². The molecule has 2 N–H and O–H groups in total. The summed E-state index contributed by atoms with van der Waals surface area (Å²) < 4.78 is 0. The van der Waals surface area contributed by atoms with E-state index in [1.165, 1.54) is 5.69 Å². The van der Waals surface area contributed by atoms with Gasteiger partial charge in [-0.15, -0.1) is 0 Å². The number of hydrogen-bond acceptors (Lipinski definition) is 3. The van der Waals surface area contributed by atoms with Crippen molar-refractivity contribution < 1.29 is 0 Å². The summed E-state index contributed by atoms with van der Waals surface area (Å²) in [4.78, 5) is 4.21. The van der Waals surface area contributed by atoms with Gasteiger partial charge in [-0.05, 0) is 12.1 Å². The second kappa shape index (κ2) is 3.49. The lowest BCUT2D eigenvalue weighted by atomic mass is 10.3. The van der Waals surface area contributed by atoms with Gasteiger partial charge in [0.15, 0.2) is 0 Å². The molecule has 0 spiro atoms. The van der Waals surface area contributed by atoms with Crippen molar-refractivity contribution in [3.8, 4) is 0 Å². The molecule has 1 aromatic carbocycles. The molecule has 0 aromatic heterocycles. The van der Waals surface area contributed by atoms with E-state index in [-0.39, 0.29) is 0 Å². The normalized spacial score (nSPS) is 15.5. The molecule has 1 heterocycles. The number of nitrogens with zero attached hydrogens (tertiary/aromatic N) is 2. The van der Waals surface area contributed by atoms with Crippen LogP contribution in [0.2, 0.25) is 0 Å². The van der Waals surface area contributed by atoms with E-state index >= 15 is 0 Å². The third-order valence-electron chi connectivity index (χ3n) is 2.11. The Morgan fingerprint density at radius 1 is 1.15 bits per heavy atom. The van der Waals surface area contributed by atoms with E-state index in [0.29, 0.717) is 6.67 Å². The minimum Gasteiger partial charge on any atom is -0.346 e. The predicted octanol–water partition coefficient (Wildman–Crippen LogP) is 1.15. The first-order valence-corrected chi connectivity index (χ1v) is 4.34. The lowest BCUT2D eigenvalue weighted by Crippen LogP contribution is -2.29. The van der Waals surface area contributed by atoms with Crippen LogP contribution in [0.1, 0.15) is 0 Å². The van der Waals surface area contributed by atoms with Gasteiger partial charge in [-0.25, -0.2) is 0 Å². The fraction of sp³-hybridized carbons (Fsp3) is 0.200. The molecule has 0 saturated carbocycles. The Bertz CT molecular complexity index is 294. The minimum atomic E-state index is 0.569. The van der Waals surface area contributed by atoms with Crippen molar-refractivity contribution in [1.29, 1.82) is 0 Å². The molecule has 1 aliphatic rings. The summed E-state index contributed by atoms with van der Waals surface area (Å²) in [6.07, 6.45) is 4.05. The molecule has 0 atom stereocenters. The molecule has 0 fully saturated rings. The summed E-state index contributed by atoms with van der Waals surface area (Å²) in [6.45, 7) is 1.42. The summed E-state index contributed by atoms with van der Waals surface area (Å²) >= 11 is 0. The van der Waals surface area contributed by atoms with Gasteiger partial charge < -0.3 is 15.5 Å². The maximum Gasteiger partial charge on any atom is 0.0953 e. The first-order chi connectivity index (χ1) is 6.40. The van der Waals surface area contributed by atoms with E-state index in [1.54, 1.807) is 0 Å². The van der Waals surface area contributed by atoms with Gasteiger partial charge in [-0.1, -0.05) is 18.2 Å². The Balaban J connectivity index is 2.09. The summed E-state index contributed by atoms with van der Waals surface area (Å²) in [5.41, 5.74) is 6.73. The van der Waals surface area contributed by atoms with Crippen LogP contribution in [0, 0.1) is 0 Å². The molecule has 13 heavy (non-hydrogen) atoms. The Labute approximate surface area is 78.1 Å². The number of para-hydroxylation sites is 1. The standard InChI is InChI=1S/C10H13N3/c11-8-12-6-7-13(9-12)10-4-2-1-3-5-10/h1-7H,8-9,11H2. The molecular weight excluding hydrogens is 162 g/mol. The van der Waals surface area contributed by atoms with Crippen molar-refractivity contribution >= 4 is 5.69 Å². The van der Waals surface area contributed by atoms with E-state index in [9.17, 15) is 0 Å². The summed E-state index contributed by atoms with van der Waals surface area (Å²) in [6, 6.07) is 10.3. The molecular formula is C10H13N3. The molecule has 0 bridgehead atoms. The second-order valence-corrected chi connectivity index (χ2v) is 3.02. The van der Waals surface area contributed by atoms with Crippen LogP contribution in [-0.2, 0) is 0 Å². The second-order valence-electron chi connectivity index (χ2n) is 3.02. The molecule has 0 amide bonds. The van der Waals surface area contributed by atoms with Gasteiger partial charge in [-0.3, -0.25) is 0 Å². The van der Waals surface area contributed by atoms with E-state index < -0.39 is 0 Å². The number of rotatable bonds is 2. The highest BCUT2D eigenvalue weighted by Crippen LogP contribution is 2.17. The van der Waals surface area contributed by atoms with Gasteiger partial charge in [0.25, 0.3) is 0 Å². The van der Waals surface area contributed by atoms with Gasteiger partial charge >= 0.3 is 0 Å². The van der Waals surface area contributed by atoms with Crippen molar-refractivity contribution in [3.05, 3.63) is 42.7 Å². The van der Waals surface area contributed by atoms with Gasteiger partial charge in [0.05, 0.1) is 13.3 Å². The molecule has 0 saturated heterocycles. The Morgan fingerprint density at radius 2 is 1.92 bits per heavy atom. The molecule has 2 rings (SSSR count). The molecule has 0 radical (unpaired) electrons. The molecule has 3 nitrogen and oxygen atoms in total. The molecule has 0 aliphatic carbocycles. The van der Waals surface area contributed by atoms with Gasteiger partial charge in [0.1, 0.15) is 0 Å². The van der Waals surface area contributed by atoms with Crippen molar-refractivity contribution in [2.45, 2.75) is 0 Å². The van der Waals surface area contributed by atoms with Crippen molar-refractivity contribution in [3.63, 3.8) is 0 Å². The molecule has 1 aromatic rings. The maximum atomic E-state index is 5.52. The van der Waals surface area contributed by atoms with E-state index in [4.69, 9.17) is 5.73 Å². The van der Waals surface area contributed by atoms with Gasteiger partial charge in [0.2, 0.25) is 0 Å². The molecule has 1 aliphatic heterocycles. The fourth-order valence-corrected chi connectivity index (χ4v) is 1.37. The quantitative estimate of drug-likeness (QED) is 0.732. The van der Waals surface area contributed by atoms with Crippen LogP contribution in [0.25, 0.3) is 0 Å². The highest BCUT2D eigenvalue weighted by molar-refractivity contribution is 5.49. The summed E-state index contributed by atoms with van der Waals surface area (Å²) in [5, 5.41) is 0. The van der Waals surface area contributed by atoms with E-state index in [0.717, 1.165) is 6.67 Å². The van der Waals surface area contributed by atoms with Crippen LogP contribution < -0.4 is 10.6 Å². The zero-order valence-corrected chi connectivity index (χ0v) is 7.43. The summed E-state index contributed by atoms with van der Waals surface area (Å²) in [5.74, 6) is 0. The first kappa shape index (κ1) is 8.13. The lowest BCUT2D eigenvalue weighted by molar-refractivity contribution is 0.419. The van der Waals surface area contributed by atoms with E-state index in [2.05, 4.69) is 17.0 Å². The fourth-order valence-electron chi connectivity index (χ4n) is 1.37. The van der Waals surface area contributed by atoms with Crippen molar-refractivity contribution in [1.82, 2.24) is 4.90 Å². The SMILES string of the molecule is NCN1C=CN(c2ccccc2)C1. The van der Waals surface area contributed by atoms with Gasteiger partial charge in [0, 0.05) is 18.1 Å². The average Bonchev–Trinajstić information content (AvgIpc) is 2.67.